The molecule has 1 amide bonds. The number of benzene rings is 1. The van der Waals surface area contributed by atoms with E-state index in [1.54, 1.807) is 23.1 Å². The molecular weight excluding hydrogens is 236 g/mol. The smallest absolute Gasteiger partial charge is 0.227 e. The van der Waals surface area contributed by atoms with Gasteiger partial charge in [0.15, 0.2) is 0 Å². The summed E-state index contributed by atoms with van der Waals surface area (Å²) in [6.45, 7) is 0.604. The standard InChI is InChI=1S/C12H16N2O2S/c13-10-1-8(6-15)2-11(4-10)14-5-9(7-17)3-12(14)16/h1-2,4,9,15,17H,3,5-7,13H2. The first-order chi connectivity index (χ1) is 8.13. The minimum absolute atomic E-state index is 0.0733. The summed E-state index contributed by atoms with van der Waals surface area (Å²) in [6, 6.07) is 5.27. The molecule has 92 valence electrons. The van der Waals surface area contributed by atoms with Crippen molar-refractivity contribution in [3.8, 4) is 0 Å². The van der Waals surface area contributed by atoms with Crippen LogP contribution in [0.5, 0.6) is 0 Å². The normalized spacial score (nSPS) is 20.0. The minimum Gasteiger partial charge on any atom is -0.399 e. The lowest BCUT2D eigenvalue weighted by Crippen LogP contribution is -2.24. The molecule has 1 heterocycles. The molecule has 17 heavy (non-hydrogen) atoms. The van der Waals surface area contributed by atoms with Crippen molar-refractivity contribution in [1.82, 2.24) is 0 Å². The molecule has 0 aromatic heterocycles. The summed E-state index contributed by atoms with van der Waals surface area (Å²) in [5.41, 5.74) is 7.81. The molecule has 5 heteroatoms. The lowest BCUT2D eigenvalue weighted by molar-refractivity contribution is -0.117. The molecule has 1 fully saturated rings. The summed E-state index contributed by atoms with van der Waals surface area (Å²) in [5, 5.41) is 9.12. The number of carbonyl (C=O) groups excluding carboxylic acids is 1. The van der Waals surface area contributed by atoms with Crippen molar-refractivity contribution < 1.29 is 9.90 Å². The quantitative estimate of drug-likeness (QED) is 0.556. The summed E-state index contributed by atoms with van der Waals surface area (Å²) >= 11 is 4.22. The van der Waals surface area contributed by atoms with Gasteiger partial charge in [-0.05, 0) is 35.4 Å². The molecule has 0 spiro atoms. The number of hydrogen-bond acceptors (Lipinski definition) is 4. The van der Waals surface area contributed by atoms with E-state index in [2.05, 4.69) is 12.6 Å². The summed E-state index contributed by atoms with van der Waals surface area (Å²) in [6.07, 6.45) is 0.534. The Bertz CT molecular complexity index is 437. The van der Waals surface area contributed by atoms with Crippen molar-refractivity contribution >= 4 is 29.9 Å². The zero-order valence-corrected chi connectivity index (χ0v) is 10.4. The Hall–Kier alpha value is -1.20. The van der Waals surface area contributed by atoms with Crippen LogP contribution in [0.2, 0.25) is 0 Å². The number of aliphatic hydroxyl groups is 1. The number of nitrogen functional groups attached to an aromatic ring is 1. The van der Waals surface area contributed by atoms with Gasteiger partial charge in [-0.15, -0.1) is 0 Å². The highest BCUT2D eigenvalue weighted by Gasteiger charge is 2.29. The number of anilines is 2. The zero-order valence-electron chi connectivity index (χ0n) is 9.47. The second kappa shape index (κ2) is 4.98. The van der Waals surface area contributed by atoms with Crippen LogP contribution in [0.25, 0.3) is 0 Å². The molecule has 1 atom stereocenters. The fourth-order valence-corrected chi connectivity index (χ4v) is 2.34. The van der Waals surface area contributed by atoms with Gasteiger partial charge in [-0.1, -0.05) is 0 Å². The topological polar surface area (TPSA) is 66.6 Å². The van der Waals surface area contributed by atoms with Crippen molar-refractivity contribution in [2.75, 3.05) is 22.9 Å². The Kier molecular flexibility index (Phi) is 3.59. The van der Waals surface area contributed by atoms with E-state index >= 15 is 0 Å². The van der Waals surface area contributed by atoms with Crippen LogP contribution in [0.3, 0.4) is 0 Å². The van der Waals surface area contributed by atoms with Gasteiger partial charge >= 0.3 is 0 Å². The fourth-order valence-electron chi connectivity index (χ4n) is 2.10. The van der Waals surface area contributed by atoms with Crippen molar-refractivity contribution in [2.45, 2.75) is 13.0 Å². The minimum atomic E-state index is -0.0733. The Labute approximate surface area is 106 Å². The SMILES string of the molecule is Nc1cc(CO)cc(N2CC(CS)CC2=O)c1. The van der Waals surface area contributed by atoms with Gasteiger partial charge in [0, 0.05) is 24.3 Å². The lowest BCUT2D eigenvalue weighted by atomic mass is 10.1. The molecule has 0 saturated carbocycles. The molecule has 4 nitrogen and oxygen atoms in total. The maximum Gasteiger partial charge on any atom is 0.227 e. The van der Waals surface area contributed by atoms with E-state index in [-0.39, 0.29) is 12.5 Å². The number of carbonyl (C=O) groups is 1. The molecule has 3 N–H and O–H groups in total. The van der Waals surface area contributed by atoms with Crippen LogP contribution in [0.15, 0.2) is 18.2 Å². The maximum absolute atomic E-state index is 11.8. The van der Waals surface area contributed by atoms with E-state index in [4.69, 9.17) is 10.8 Å². The van der Waals surface area contributed by atoms with Crippen molar-refractivity contribution in [3.63, 3.8) is 0 Å². The molecule has 1 saturated heterocycles. The van der Waals surface area contributed by atoms with Gasteiger partial charge in [-0.2, -0.15) is 12.6 Å². The van der Waals surface area contributed by atoms with E-state index in [1.165, 1.54) is 0 Å². The third kappa shape index (κ3) is 2.56. The number of nitrogens with two attached hydrogens (primary N) is 1. The molecule has 1 unspecified atom stereocenters. The summed E-state index contributed by atoms with van der Waals surface area (Å²) < 4.78 is 0. The van der Waals surface area contributed by atoms with Crippen molar-refractivity contribution in [3.05, 3.63) is 23.8 Å². The third-order valence-electron chi connectivity index (χ3n) is 2.96. The molecule has 1 aliphatic heterocycles. The van der Waals surface area contributed by atoms with Crippen LogP contribution in [0, 0.1) is 5.92 Å². The lowest BCUT2D eigenvalue weighted by Gasteiger charge is -2.18. The second-order valence-electron chi connectivity index (χ2n) is 4.35. The van der Waals surface area contributed by atoms with Crippen molar-refractivity contribution in [2.24, 2.45) is 5.92 Å². The first-order valence-electron chi connectivity index (χ1n) is 5.55. The molecule has 0 aliphatic carbocycles. The molecule has 1 aromatic rings. The van der Waals surface area contributed by atoms with E-state index in [9.17, 15) is 4.79 Å². The Morgan fingerprint density at radius 1 is 1.47 bits per heavy atom. The fraction of sp³-hybridized carbons (Fsp3) is 0.417. The number of thiol groups is 1. The highest BCUT2D eigenvalue weighted by Crippen LogP contribution is 2.28. The van der Waals surface area contributed by atoms with Gasteiger partial charge in [0.1, 0.15) is 0 Å². The highest BCUT2D eigenvalue weighted by atomic mass is 32.1. The van der Waals surface area contributed by atoms with E-state index in [1.807, 2.05) is 0 Å². The Morgan fingerprint density at radius 2 is 2.24 bits per heavy atom. The van der Waals surface area contributed by atoms with E-state index < -0.39 is 0 Å². The van der Waals surface area contributed by atoms with Crippen LogP contribution in [0.1, 0.15) is 12.0 Å². The number of aliphatic hydroxyl groups excluding tert-OH is 1. The first kappa shape index (κ1) is 12.3. The average molecular weight is 252 g/mol. The average Bonchev–Trinajstić information content (AvgIpc) is 2.69. The number of amides is 1. The number of hydrogen-bond donors (Lipinski definition) is 3. The largest absolute Gasteiger partial charge is 0.399 e. The van der Waals surface area contributed by atoms with Crippen molar-refractivity contribution in [1.29, 1.82) is 0 Å². The predicted molar refractivity (Wildman–Crippen MR) is 71.1 cm³/mol. The second-order valence-corrected chi connectivity index (χ2v) is 4.71. The summed E-state index contributed by atoms with van der Waals surface area (Å²) in [7, 11) is 0. The highest BCUT2D eigenvalue weighted by molar-refractivity contribution is 7.80. The maximum atomic E-state index is 11.8. The molecular formula is C12H16N2O2S. The third-order valence-corrected chi connectivity index (χ3v) is 3.47. The monoisotopic (exact) mass is 252 g/mol. The molecule has 2 rings (SSSR count). The summed E-state index contributed by atoms with van der Waals surface area (Å²) in [5.74, 6) is 1.10. The number of rotatable bonds is 3. The zero-order chi connectivity index (χ0) is 12.4. The Balaban J connectivity index is 2.28. The first-order valence-corrected chi connectivity index (χ1v) is 6.19. The van der Waals surface area contributed by atoms with Crippen LogP contribution >= 0.6 is 12.6 Å². The Morgan fingerprint density at radius 3 is 2.82 bits per heavy atom. The van der Waals surface area contributed by atoms with Gasteiger partial charge in [0.25, 0.3) is 0 Å². The van der Waals surface area contributed by atoms with Crippen LogP contribution in [-0.4, -0.2) is 23.3 Å². The molecule has 0 bridgehead atoms. The summed E-state index contributed by atoms with van der Waals surface area (Å²) in [4.78, 5) is 13.6. The van der Waals surface area contributed by atoms with Crippen LogP contribution in [-0.2, 0) is 11.4 Å². The van der Waals surface area contributed by atoms with Gasteiger partial charge in [-0.3, -0.25) is 4.79 Å². The van der Waals surface area contributed by atoms with Crippen LogP contribution in [0.4, 0.5) is 11.4 Å². The predicted octanol–water partition coefficient (Wildman–Crippen LogP) is 1.04. The van der Waals surface area contributed by atoms with Gasteiger partial charge in [-0.25, -0.2) is 0 Å². The number of nitrogens with zero attached hydrogens (tertiary/aromatic N) is 1. The van der Waals surface area contributed by atoms with Gasteiger partial charge < -0.3 is 15.7 Å². The van der Waals surface area contributed by atoms with Gasteiger partial charge in [0.05, 0.1) is 6.61 Å². The van der Waals surface area contributed by atoms with E-state index in [0.717, 1.165) is 11.3 Å². The molecule has 1 aliphatic rings. The molecule has 0 radical (unpaired) electrons. The van der Waals surface area contributed by atoms with E-state index in [0.29, 0.717) is 30.3 Å². The van der Waals surface area contributed by atoms with Gasteiger partial charge in [0.2, 0.25) is 5.91 Å². The molecule has 1 aromatic carbocycles. The van der Waals surface area contributed by atoms with Crippen LogP contribution < -0.4 is 10.6 Å².